The van der Waals surface area contributed by atoms with Crippen molar-refractivity contribution >= 4 is 44.2 Å². The highest BCUT2D eigenvalue weighted by molar-refractivity contribution is 7.22. The zero-order chi connectivity index (χ0) is 18.6. The van der Waals surface area contributed by atoms with Gasteiger partial charge in [-0.25, -0.2) is 4.98 Å². The van der Waals surface area contributed by atoms with E-state index in [0.29, 0.717) is 17.1 Å². The van der Waals surface area contributed by atoms with Gasteiger partial charge in [0.1, 0.15) is 5.52 Å². The van der Waals surface area contributed by atoms with E-state index in [9.17, 15) is 4.79 Å². The van der Waals surface area contributed by atoms with E-state index in [1.165, 1.54) is 0 Å². The number of thiazole rings is 1. The van der Waals surface area contributed by atoms with Gasteiger partial charge < -0.3 is 10.2 Å². The summed E-state index contributed by atoms with van der Waals surface area (Å²) in [6.45, 7) is 5.31. The molecular weight excluding hydrogens is 380 g/mol. The maximum absolute atomic E-state index is 12.1. The quantitative estimate of drug-likeness (QED) is 0.712. The van der Waals surface area contributed by atoms with E-state index < -0.39 is 0 Å². The van der Waals surface area contributed by atoms with Gasteiger partial charge in [-0.2, -0.15) is 0 Å². The molecule has 1 aliphatic rings. The van der Waals surface area contributed by atoms with E-state index in [1.807, 2.05) is 42.5 Å². The minimum absolute atomic E-state index is 0.0133. The fourth-order valence-corrected chi connectivity index (χ4v) is 4.54. The highest BCUT2D eigenvalue weighted by Gasteiger charge is 2.20. The van der Waals surface area contributed by atoms with Crippen LogP contribution < -0.4 is 10.2 Å². The van der Waals surface area contributed by atoms with Crippen LogP contribution in [0.15, 0.2) is 48.5 Å². The van der Waals surface area contributed by atoms with Gasteiger partial charge in [-0.1, -0.05) is 47.2 Å². The van der Waals surface area contributed by atoms with Crippen LogP contribution in [0.25, 0.3) is 10.2 Å². The first-order valence-electron chi connectivity index (χ1n) is 9.06. The number of nitrogens with zero attached hydrogens (tertiary/aromatic N) is 3. The Labute approximate surface area is 167 Å². The Kier molecular flexibility index (Phi) is 5.57. The molecule has 140 valence electrons. The number of hydrogen-bond acceptors (Lipinski definition) is 5. The number of nitrogens with one attached hydrogen (secondary N) is 1. The van der Waals surface area contributed by atoms with Crippen LogP contribution in [0.5, 0.6) is 0 Å². The Morgan fingerprint density at radius 3 is 2.59 bits per heavy atom. The highest BCUT2D eigenvalue weighted by atomic mass is 35.5. The van der Waals surface area contributed by atoms with E-state index >= 15 is 0 Å². The Balaban J connectivity index is 1.26. The standard InChI is InChI=1S/C20H21ClN4OS/c21-16-7-4-8-17-18(16)23-20(27-17)25-13-11-24(12-14-25)10-9-22-19(26)15-5-2-1-3-6-15/h1-8H,9-14H2,(H,22,26). The van der Waals surface area contributed by atoms with Crippen LogP contribution in [0, 0.1) is 0 Å². The summed E-state index contributed by atoms with van der Waals surface area (Å²) in [5.74, 6) is -0.0133. The topological polar surface area (TPSA) is 48.5 Å². The molecule has 1 aromatic heterocycles. The molecule has 0 atom stereocenters. The summed E-state index contributed by atoms with van der Waals surface area (Å²) in [5.41, 5.74) is 1.60. The second kappa shape index (κ2) is 8.25. The molecule has 2 aromatic carbocycles. The third-order valence-corrected chi connectivity index (χ3v) is 6.14. The first-order valence-corrected chi connectivity index (χ1v) is 10.3. The number of rotatable bonds is 5. The number of benzene rings is 2. The Bertz CT molecular complexity index is 922. The monoisotopic (exact) mass is 400 g/mol. The second-order valence-electron chi connectivity index (χ2n) is 6.53. The van der Waals surface area contributed by atoms with Crippen molar-refractivity contribution in [1.82, 2.24) is 15.2 Å². The van der Waals surface area contributed by atoms with Gasteiger partial charge in [0.05, 0.1) is 9.72 Å². The van der Waals surface area contributed by atoms with Crippen LogP contribution in [-0.2, 0) is 0 Å². The number of para-hydroxylation sites is 1. The van der Waals surface area contributed by atoms with E-state index in [1.54, 1.807) is 11.3 Å². The lowest BCUT2D eigenvalue weighted by atomic mass is 10.2. The third kappa shape index (κ3) is 4.24. The molecule has 0 aliphatic carbocycles. The molecule has 2 heterocycles. The summed E-state index contributed by atoms with van der Waals surface area (Å²) in [5, 5.41) is 4.74. The van der Waals surface area contributed by atoms with Crippen LogP contribution in [0.1, 0.15) is 10.4 Å². The maximum Gasteiger partial charge on any atom is 0.251 e. The van der Waals surface area contributed by atoms with Crippen molar-refractivity contribution in [2.75, 3.05) is 44.2 Å². The van der Waals surface area contributed by atoms with Crippen molar-refractivity contribution < 1.29 is 4.79 Å². The van der Waals surface area contributed by atoms with E-state index in [0.717, 1.165) is 48.1 Å². The van der Waals surface area contributed by atoms with Gasteiger partial charge in [-0.3, -0.25) is 9.69 Å². The molecule has 1 N–H and O–H groups in total. The molecule has 1 fully saturated rings. The molecule has 7 heteroatoms. The largest absolute Gasteiger partial charge is 0.351 e. The average molecular weight is 401 g/mol. The number of anilines is 1. The average Bonchev–Trinajstić information content (AvgIpc) is 3.15. The molecule has 5 nitrogen and oxygen atoms in total. The van der Waals surface area contributed by atoms with Crippen molar-refractivity contribution in [3.8, 4) is 0 Å². The fraction of sp³-hybridized carbons (Fsp3) is 0.300. The molecule has 0 unspecified atom stereocenters. The predicted octanol–water partition coefficient (Wildman–Crippen LogP) is 3.50. The van der Waals surface area contributed by atoms with Crippen LogP contribution in [0.3, 0.4) is 0 Å². The van der Waals surface area contributed by atoms with E-state index in [4.69, 9.17) is 16.6 Å². The number of fused-ring (bicyclic) bond motifs is 1. The van der Waals surface area contributed by atoms with Crippen LogP contribution in [-0.4, -0.2) is 55.1 Å². The van der Waals surface area contributed by atoms with Crippen LogP contribution in [0.2, 0.25) is 5.02 Å². The van der Waals surface area contributed by atoms with Gasteiger partial charge in [0.25, 0.3) is 5.91 Å². The number of carbonyl (C=O) groups is 1. The first kappa shape index (κ1) is 18.2. The van der Waals surface area contributed by atoms with Gasteiger partial charge in [-0.05, 0) is 24.3 Å². The third-order valence-electron chi connectivity index (χ3n) is 4.75. The van der Waals surface area contributed by atoms with E-state index in [-0.39, 0.29) is 5.91 Å². The lowest BCUT2D eigenvalue weighted by molar-refractivity contribution is 0.0948. The molecule has 0 radical (unpaired) electrons. The molecule has 3 aromatic rings. The number of amides is 1. The van der Waals surface area contributed by atoms with Crippen LogP contribution in [0.4, 0.5) is 5.13 Å². The number of hydrogen-bond donors (Lipinski definition) is 1. The van der Waals surface area contributed by atoms with Gasteiger partial charge in [0.2, 0.25) is 0 Å². The number of aromatic nitrogens is 1. The summed E-state index contributed by atoms with van der Waals surface area (Å²) in [7, 11) is 0. The molecule has 4 rings (SSSR count). The summed E-state index contributed by atoms with van der Waals surface area (Å²) in [6, 6.07) is 15.2. The van der Waals surface area contributed by atoms with Crippen molar-refractivity contribution in [2.24, 2.45) is 0 Å². The highest BCUT2D eigenvalue weighted by Crippen LogP contribution is 2.33. The summed E-state index contributed by atoms with van der Waals surface area (Å²) in [6.07, 6.45) is 0. The molecule has 1 saturated heterocycles. The summed E-state index contributed by atoms with van der Waals surface area (Å²) >= 11 is 7.94. The van der Waals surface area contributed by atoms with Crippen molar-refractivity contribution in [3.63, 3.8) is 0 Å². The minimum atomic E-state index is -0.0133. The minimum Gasteiger partial charge on any atom is -0.351 e. The van der Waals surface area contributed by atoms with Crippen molar-refractivity contribution in [3.05, 3.63) is 59.1 Å². The first-order chi connectivity index (χ1) is 13.2. The Morgan fingerprint density at radius 2 is 1.85 bits per heavy atom. The molecule has 0 bridgehead atoms. The van der Waals surface area contributed by atoms with Gasteiger partial charge >= 0.3 is 0 Å². The molecule has 27 heavy (non-hydrogen) atoms. The number of halogens is 1. The molecule has 0 spiro atoms. The molecule has 1 aliphatic heterocycles. The fourth-order valence-electron chi connectivity index (χ4n) is 3.22. The second-order valence-corrected chi connectivity index (χ2v) is 7.95. The van der Waals surface area contributed by atoms with Crippen molar-refractivity contribution in [1.29, 1.82) is 0 Å². The molecular formula is C20H21ClN4OS. The maximum atomic E-state index is 12.1. The normalized spacial score (nSPS) is 15.2. The van der Waals surface area contributed by atoms with Gasteiger partial charge in [0, 0.05) is 44.8 Å². The molecule has 1 amide bonds. The molecule has 0 saturated carbocycles. The van der Waals surface area contributed by atoms with Crippen LogP contribution >= 0.6 is 22.9 Å². The zero-order valence-corrected chi connectivity index (χ0v) is 16.5. The van der Waals surface area contributed by atoms with Crippen molar-refractivity contribution in [2.45, 2.75) is 0 Å². The number of piperazine rings is 1. The number of carbonyl (C=O) groups excluding carboxylic acids is 1. The Morgan fingerprint density at radius 1 is 1.07 bits per heavy atom. The lowest BCUT2D eigenvalue weighted by Gasteiger charge is -2.34. The summed E-state index contributed by atoms with van der Waals surface area (Å²) in [4.78, 5) is 21.5. The SMILES string of the molecule is O=C(NCCN1CCN(c2nc3c(Cl)cccc3s2)CC1)c1ccccc1. The van der Waals surface area contributed by atoms with E-state index in [2.05, 4.69) is 21.2 Å². The van der Waals surface area contributed by atoms with Gasteiger partial charge in [0.15, 0.2) is 5.13 Å². The Hall–Kier alpha value is -2.15. The van der Waals surface area contributed by atoms with Gasteiger partial charge in [-0.15, -0.1) is 0 Å². The smallest absolute Gasteiger partial charge is 0.251 e. The predicted molar refractivity (Wildman–Crippen MR) is 112 cm³/mol. The lowest BCUT2D eigenvalue weighted by Crippen LogP contribution is -2.48. The zero-order valence-electron chi connectivity index (χ0n) is 14.9. The summed E-state index contributed by atoms with van der Waals surface area (Å²) < 4.78 is 1.13.